The van der Waals surface area contributed by atoms with E-state index in [4.69, 9.17) is 9.47 Å². The van der Waals surface area contributed by atoms with Gasteiger partial charge in [-0.15, -0.1) is 0 Å². The van der Waals surface area contributed by atoms with Crippen molar-refractivity contribution in [3.05, 3.63) is 47.4 Å². The third-order valence-electron chi connectivity index (χ3n) is 4.54. The molecule has 1 aromatic carbocycles. The first-order valence-electron chi connectivity index (χ1n) is 8.67. The number of hydrogen-bond donors (Lipinski definition) is 2. The van der Waals surface area contributed by atoms with Gasteiger partial charge in [0.2, 0.25) is 0 Å². The van der Waals surface area contributed by atoms with Crippen LogP contribution in [0.25, 0.3) is 11.2 Å². The van der Waals surface area contributed by atoms with E-state index in [1.54, 1.807) is 6.20 Å². The second-order valence-electron chi connectivity index (χ2n) is 6.25. The molecule has 1 atom stereocenters. The van der Waals surface area contributed by atoms with Gasteiger partial charge in [-0.2, -0.15) is 0 Å². The third-order valence-corrected chi connectivity index (χ3v) is 4.54. The summed E-state index contributed by atoms with van der Waals surface area (Å²) in [5, 5.41) is 3.57. The van der Waals surface area contributed by atoms with Crippen molar-refractivity contribution in [3.8, 4) is 11.5 Å². The summed E-state index contributed by atoms with van der Waals surface area (Å²) < 4.78 is 11.3. The lowest BCUT2D eigenvalue weighted by molar-refractivity contribution is 0.171. The van der Waals surface area contributed by atoms with Gasteiger partial charge in [0, 0.05) is 12.2 Å². The molecule has 0 amide bonds. The predicted octanol–water partition coefficient (Wildman–Crippen LogP) is 3.28. The monoisotopic (exact) mass is 338 g/mol. The van der Waals surface area contributed by atoms with Crippen LogP contribution in [0.15, 0.2) is 30.5 Å². The van der Waals surface area contributed by atoms with E-state index >= 15 is 0 Å². The molecule has 0 saturated heterocycles. The standard InChI is InChI=1S/C19H22N4O2/c1-3-14(13-4-5-15-16(10-13)25-9-8-24-15)21-11-17-22-18-12(2)6-7-20-19(18)23-17/h4-7,10,14,21H,3,8-9,11H2,1-2H3,(H,20,22,23). The molecule has 3 heterocycles. The Morgan fingerprint density at radius 1 is 1.20 bits per heavy atom. The van der Waals surface area contributed by atoms with Crippen LogP contribution in [0, 0.1) is 6.92 Å². The molecular weight excluding hydrogens is 316 g/mol. The van der Waals surface area contributed by atoms with Gasteiger partial charge in [-0.05, 0) is 42.7 Å². The maximum atomic E-state index is 5.70. The highest BCUT2D eigenvalue weighted by atomic mass is 16.6. The zero-order valence-corrected chi connectivity index (χ0v) is 14.5. The van der Waals surface area contributed by atoms with Crippen molar-refractivity contribution >= 4 is 11.2 Å². The Morgan fingerprint density at radius 3 is 2.84 bits per heavy atom. The number of benzene rings is 1. The highest BCUT2D eigenvalue weighted by Crippen LogP contribution is 2.33. The second-order valence-corrected chi connectivity index (χ2v) is 6.25. The Kier molecular flexibility index (Phi) is 4.28. The van der Waals surface area contributed by atoms with Gasteiger partial charge in [0.1, 0.15) is 19.0 Å². The molecule has 25 heavy (non-hydrogen) atoms. The van der Waals surface area contributed by atoms with Crippen molar-refractivity contribution in [2.24, 2.45) is 0 Å². The van der Waals surface area contributed by atoms with Gasteiger partial charge in [-0.1, -0.05) is 13.0 Å². The Hall–Kier alpha value is -2.60. The number of nitrogens with zero attached hydrogens (tertiary/aromatic N) is 2. The van der Waals surface area contributed by atoms with Gasteiger partial charge < -0.3 is 19.8 Å². The molecule has 6 nitrogen and oxygen atoms in total. The van der Waals surface area contributed by atoms with Crippen LogP contribution < -0.4 is 14.8 Å². The van der Waals surface area contributed by atoms with Crippen LogP contribution in [-0.4, -0.2) is 28.2 Å². The van der Waals surface area contributed by atoms with Crippen LogP contribution in [0.2, 0.25) is 0 Å². The molecule has 3 aromatic rings. The Labute approximate surface area is 146 Å². The minimum atomic E-state index is 0.220. The van der Waals surface area contributed by atoms with Crippen molar-refractivity contribution in [2.45, 2.75) is 32.9 Å². The second kappa shape index (κ2) is 6.72. The third kappa shape index (κ3) is 3.17. The Morgan fingerprint density at radius 2 is 2.04 bits per heavy atom. The Balaban J connectivity index is 1.50. The number of H-pyrrole nitrogens is 1. The van der Waals surface area contributed by atoms with Crippen LogP contribution in [0.3, 0.4) is 0 Å². The first kappa shape index (κ1) is 15.9. The molecule has 4 rings (SSSR count). The lowest BCUT2D eigenvalue weighted by Crippen LogP contribution is -2.21. The molecule has 1 unspecified atom stereocenters. The van der Waals surface area contributed by atoms with Crippen molar-refractivity contribution in [1.29, 1.82) is 0 Å². The maximum Gasteiger partial charge on any atom is 0.178 e. The van der Waals surface area contributed by atoms with Gasteiger partial charge in [-0.3, -0.25) is 0 Å². The summed E-state index contributed by atoms with van der Waals surface area (Å²) in [6.45, 7) is 6.10. The minimum Gasteiger partial charge on any atom is -0.486 e. The fraction of sp³-hybridized carbons (Fsp3) is 0.368. The average Bonchev–Trinajstić information content (AvgIpc) is 3.07. The number of pyridine rings is 1. The van der Waals surface area contributed by atoms with Gasteiger partial charge in [0.15, 0.2) is 17.1 Å². The fourth-order valence-electron chi connectivity index (χ4n) is 3.16. The smallest absolute Gasteiger partial charge is 0.178 e. The molecule has 0 aliphatic carbocycles. The quantitative estimate of drug-likeness (QED) is 0.747. The number of ether oxygens (including phenoxy) is 2. The lowest BCUT2D eigenvalue weighted by atomic mass is 10.0. The van der Waals surface area contributed by atoms with Crippen LogP contribution in [-0.2, 0) is 6.54 Å². The van der Waals surface area contributed by atoms with E-state index in [-0.39, 0.29) is 6.04 Å². The Bertz CT molecular complexity index is 890. The van der Waals surface area contributed by atoms with Crippen molar-refractivity contribution in [2.75, 3.05) is 13.2 Å². The number of hydrogen-bond acceptors (Lipinski definition) is 5. The summed E-state index contributed by atoms with van der Waals surface area (Å²) >= 11 is 0. The van der Waals surface area contributed by atoms with E-state index in [0.29, 0.717) is 19.8 Å². The summed E-state index contributed by atoms with van der Waals surface area (Å²) in [6.07, 6.45) is 2.76. The zero-order chi connectivity index (χ0) is 17.2. The maximum absolute atomic E-state index is 5.70. The molecule has 2 aromatic heterocycles. The predicted molar refractivity (Wildman–Crippen MR) is 95.9 cm³/mol. The highest BCUT2D eigenvalue weighted by molar-refractivity contribution is 5.74. The molecule has 0 radical (unpaired) electrons. The van der Waals surface area contributed by atoms with Crippen LogP contribution in [0.1, 0.15) is 36.3 Å². The number of rotatable bonds is 5. The van der Waals surface area contributed by atoms with Gasteiger partial charge in [-0.25, -0.2) is 9.97 Å². The van der Waals surface area contributed by atoms with Gasteiger partial charge in [0.05, 0.1) is 12.1 Å². The number of aromatic amines is 1. The van der Waals surface area contributed by atoms with E-state index < -0.39 is 0 Å². The van der Waals surface area contributed by atoms with Crippen LogP contribution in [0.5, 0.6) is 11.5 Å². The molecule has 0 saturated carbocycles. The van der Waals surface area contributed by atoms with Crippen molar-refractivity contribution in [3.63, 3.8) is 0 Å². The van der Waals surface area contributed by atoms with Crippen molar-refractivity contribution in [1.82, 2.24) is 20.3 Å². The number of nitrogens with one attached hydrogen (secondary N) is 2. The summed E-state index contributed by atoms with van der Waals surface area (Å²) in [7, 11) is 0. The number of aryl methyl sites for hydroxylation is 1. The summed E-state index contributed by atoms with van der Waals surface area (Å²) in [4.78, 5) is 12.2. The van der Waals surface area contributed by atoms with E-state index in [0.717, 1.165) is 40.5 Å². The molecule has 1 aliphatic rings. The normalized spacial score (nSPS) is 14.6. The summed E-state index contributed by atoms with van der Waals surface area (Å²) in [5.74, 6) is 2.55. The number of fused-ring (bicyclic) bond motifs is 2. The molecule has 6 heteroatoms. The van der Waals surface area contributed by atoms with E-state index in [1.165, 1.54) is 5.56 Å². The SMILES string of the molecule is CCC(NCc1nc2nccc(C)c2[nH]1)c1ccc2c(c1)OCCO2. The molecule has 0 fully saturated rings. The molecular formula is C19H22N4O2. The summed E-state index contributed by atoms with van der Waals surface area (Å²) in [6, 6.07) is 8.36. The topological polar surface area (TPSA) is 72.1 Å². The summed E-state index contributed by atoms with van der Waals surface area (Å²) in [5.41, 5.74) is 4.12. The number of imidazole rings is 1. The molecule has 1 aliphatic heterocycles. The van der Waals surface area contributed by atoms with Gasteiger partial charge in [0.25, 0.3) is 0 Å². The van der Waals surface area contributed by atoms with Crippen molar-refractivity contribution < 1.29 is 9.47 Å². The van der Waals surface area contributed by atoms with Crippen LogP contribution in [0.4, 0.5) is 0 Å². The lowest BCUT2D eigenvalue weighted by Gasteiger charge is -2.22. The highest BCUT2D eigenvalue weighted by Gasteiger charge is 2.16. The van der Waals surface area contributed by atoms with E-state index in [1.807, 2.05) is 12.1 Å². The molecule has 0 bridgehead atoms. The zero-order valence-electron chi connectivity index (χ0n) is 14.5. The number of aromatic nitrogens is 3. The fourth-order valence-corrected chi connectivity index (χ4v) is 3.16. The minimum absolute atomic E-state index is 0.220. The first-order chi connectivity index (χ1) is 12.2. The first-order valence-corrected chi connectivity index (χ1v) is 8.67. The average molecular weight is 338 g/mol. The largest absolute Gasteiger partial charge is 0.486 e. The van der Waals surface area contributed by atoms with E-state index in [2.05, 4.69) is 46.2 Å². The van der Waals surface area contributed by atoms with Crippen LogP contribution >= 0.6 is 0 Å². The van der Waals surface area contributed by atoms with Gasteiger partial charge >= 0.3 is 0 Å². The molecule has 2 N–H and O–H groups in total. The van der Waals surface area contributed by atoms with E-state index in [9.17, 15) is 0 Å². The molecule has 130 valence electrons. The molecule has 0 spiro atoms.